The van der Waals surface area contributed by atoms with Crippen LogP contribution in [0.2, 0.25) is 0 Å². The van der Waals surface area contributed by atoms with Crippen molar-refractivity contribution in [1.29, 1.82) is 0 Å². The van der Waals surface area contributed by atoms with E-state index in [2.05, 4.69) is 36.1 Å². The van der Waals surface area contributed by atoms with Gasteiger partial charge < -0.3 is 5.32 Å². The topological polar surface area (TPSA) is 28.2 Å². The van der Waals surface area contributed by atoms with Gasteiger partial charge in [-0.25, -0.2) is 4.98 Å². The van der Waals surface area contributed by atoms with Gasteiger partial charge in [0.25, 0.3) is 0 Å². The number of aromatic nitrogens is 1. The summed E-state index contributed by atoms with van der Waals surface area (Å²) in [6.45, 7) is 7.49. The van der Waals surface area contributed by atoms with E-state index in [-0.39, 0.29) is 0 Å². The first-order valence-electron chi connectivity index (χ1n) is 5.41. The number of likely N-dealkylation sites (N-methyl/N-ethyl adjacent to an activating group) is 2. The van der Waals surface area contributed by atoms with E-state index >= 15 is 0 Å². The molecule has 0 aliphatic carbocycles. The third kappa shape index (κ3) is 4.28. The summed E-state index contributed by atoms with van der Waals surface area (Å²) in [4.78, 5) is 8.10. The molecule has 0 aromatic carbocycles. The van der Waals surface area contributed by atoms with Crippen molar-refractivity contribution in [1.82, 2.24) is 15.2 Å². The van der Waals surface area contributed by atoms with Crippen molar-refractivity contribution in [2.24, 2.45) is 0 Å². The first-order valence-corrected chi connectivity index (χ1v) is 6.23. The Morgan fingerprint density at radius 3 is 2.80 bits per heavy atom. The lowest BCUT2D eigenvalue weighted by Crippen LogP contribution is -2.26. The van der Waals surface area contributed by atoms with Gasteiger partial charge in [-0.05, 0) is 14.1 Å². The van der Waals surface area contributed by atoms with Gasteiger partial charge in [0.2, 0.25) is 0 Å². The molecule has 0 spiro atoms. The maximum atomic E-state index is 4.43. The molecule has 0 unspecified atom stereocenters. The normalized spacial score (nSPS) is 11.6. The maximum absolute atomic E-state index is 4.43. The van der Waals surface area contributed by atoms with Crippen LogP contribution < -0.4 is 5.32 Å². The number of nitrogens with zero attached hydrogens (tertiary/aromatic N) is 2. The summed E-state index contributed by atoms with van der Waals surface area (Å²) >= 11 is 1.83. The van der Waals surface area contributed by atoms with E-state index < -0.39 is 0 Å². The van der Waals surface area contributed by atoms with E-state index in [0.29, 0.717) is 5.92 Å². The molecule has 0 amide bonds. The first-order chi connectivity index (χ1) is 7.13. The highest BCUT2D eigenvalue weighted by atomic mass is 32.1. The molecular formula is C11H21N3S. The molecule has 3 nitrogen and oxygen atoms in total. The largest absolute Gasteiger partial charge is 0.318 e. The highest BCUT2D eigenvalue weighted by Gasteiger charge is 2.07. The average molecular weight is 227 g/mol. The molecule has 0 radical (unpaired) electrons. The quantitative estimate of drug-likeness (QED) is 0.805. The molecule has 0 aliphatic heterocycles. The average Bonchev–Trinajstić information content (AvgIpc) is 2.63. The van der Waals surface area contributed by atoms with Gasteiger partial charge in [0, 0.05) is 36.6 Å². The highest BCUT2D eigenvalue weighted by molar-refractivity contribution is 7.11. The molecule has 1 aromatic rings. The van der Waals surface area contributed by atoms with Gasteiger partial charge in [-0.2, -0.15) is 0 Å². The highest BCUT2D eigenvalue weighted by Crippen LogP contribution is 2.21. The summed E-state index contributed by atoms with van der Waals surface area (Å²) in [6.07, 6.45) is 2.01. The monoisotopic (exact) mass is 227 g/mol. The number of nitrogens with one attached hydrogen (secondary N) is 1. The van der Waals surface area contributed by atoms with Gasteiger partial charge in [-0.3, -0.25) is 4.90 Å². The molecular weight excluding hydrogens is 206 g/mol. The molecule has 1 aromatic heterocycles. The molecule has 0 bridgehead atoms. The van der Waals surface area contributed by atoms with E-state index in [4.69, 9.17) is 0 Å². The van der Waals surface area contributed by atoms with Crippen LogP contribution in [0.4, 0.5) is 0 Å². The Morgan fingerprint density at radius 2 is 2.27 bits per heavy atom. The van der Waals surface area contributed by atoms with Gasteiger partial charge >= 0.3 is 0 Å². The molecule has 0 saturated carbocycles. The summed E-state index contributed by atoms with van der Waals surface area (Å²) < 4.78 is 0. The minimum Gasteiger partial charge on any atom is -0.318 e. The minimum absolute atomic E-state index is 0.548. The first kappa shape index (κ1) is 12.6. The van der Waals surface area contributed by atoms with Crippen molar-refractivity contribution in [3.63, 3.8) is 0 Å². The predicted molar refractivity (Wildman–Crippen MR) is 66.5 cm³/mol. The Bertz CT molecular complexity index is 283. The van der Waals surface area contributed by atoms with Crippen molar-refractivity contribution >= 4 is 11.3 Å². The van der Waals surface area contributed by atoms with Crippen molar-refractivity contribution < 1.29 is 0 Å². The Labute approximate surface area is 96.5 Å². The fraction of sp³-hybridized carbons (Fsp3) is 0.727. The van der Waals surface area contributed by atoms with E-state index in [1.807, 2.05) is 24.6 Å². The second kappa shape index (κ2) is 6.20. The molecule has 15 heavy (non-hydrogen) atoms. The van der Waals surface area contributed by atoms with Crippen LogP contribution in [0.15, 0.2) is 6.20 Å². The van der Waals surface area contributed by atoms with Crippen LogP contribution in [0.3, 0.4) is 0 Å². The van der Waals surface area contributed by atoms with E-state index in [0.717, 1.165) is 19.6 Å². The Morgan fingerprint density at radius 1 is 1.53 bits per heavy atom. The number of thiazole rings is 1. The van der Waals surface area contributed by atoms with Crippen molar-refractivity contribution in [3.8, 4) is 0 Å². The van der Waals surface area contributed by atoms with Crippen LogP contribution in [-0.2, 0) is 6.54 Å². The van der Waals surface area contributed by atoms with Crippen molar-refractivity contribution in [2.75, 3.05) is 27.2 Å². The van der Waals surface area contributed by atoms with Gasteiger partial charge in [0.1, 0.15) is 0 Å². The molecule has 0 aliphatic rings. The third-order valence-electron chi connectivity index (χ3n) is 2.23. The van der Waals surface area contributed by atoms with E-state index in [9.17, 15) is 0 Å². The van der Waals surface area contributed by atoms with Gasteiger partial charge in [0.05, 0.1) is 5.01 Å². The lowest BCUT2D eigenvalue weighted by atomic mass is 10.2. The molecule has 0 fully saturated rings. The SMILES string of the molecule is CNCCN(C)Cc1cnc(C(C)C)s1. The van der Waals surface area contributed by atoms with Gasteiger partial charge in [0.15, 0.2) is 0 Å². The minimum atomic E-state index is 0.548. The molecule has 4 heteroatoms. The molecule has 0 saturated heterocycles. The van der Waals surface area contributed by atoms with Crippen molar-refractivity contribution in [3.05, 3.63) is 16.1 Å². The third-order valence-corrected chi connectivity index (χ3v) is 3.52. The van der Waals surface area contributed by atoms with Crippen LogP contribution in [-0.4, -0.2) is 37.1 Å². The summed E-state index contributed by atoms with van der Waals surface area (Å²) in [5, 5.41) is 4.40. The lowest BCUT2D eigenvalue weighted by molar-refractivity contribution is 0.331. The van der Waals surface area contributed by atoms with Gasteiger partial charge in [-0.15, -0.1) is 11.3 Å². The summed E-state index contributed by atoms with van der Waals surface area (Å²) in [5.41, 5.74) is 0. The second-order valence-corrected chi connectivity index (χ2v) is 5.31. The van der Waals surface area contributed by atoms with E-state index in [1.165, 1.54) is 9.88 Å². The van der Waals surface area contributed by atoms with Crippen LogP contribution >= 0.6 is 11.3 Å². The van der Waals surface area contributed by atoms with Gasteiger partial charge in [-0.1, -0.05) is 13.8 Å². The van der Waals surface area contributed by atoms with Crippen molar-refractivity contribution in [2.45, 2.75) is 26.3 Å². The van der Waals surface area contributed by atoms with E-state index in [1.54, 1.807) is 0 Å². The molecule has 0 atom stereocenters. The zero-order valence-electron chi connectivity index (χ0n) is 10.1. The summed E-state index contributed by atoms with van der Waals surface area (Å²) in [5.74, 6) is 0.548. The standard InChI is InChI=1S/C11H21N3S/c1-9(2)11-13-7-10(15-11)8-14(4)6-5-12-3/h7,9,12H,5-6,8H2,1-4H3. The maximum Gasteiger partial charge on any atom is 0.0953 e. The predicted octanol–water partition coefficient (Wildman–Crippen LogP) is 1.92. The fourth-order valence-electron chi connectivity index (χ4n) is 1.31. The fourth-order valence-corrected chi connectivity index (χ4v) is 2.31. The number of hydrogen-bond acceptors (Lipinski definition) is 4. The van der Waals surface area contributed by atoms with Crippen LogP contribution in [0.25, 0.3) is 0 Å². The lowest BCUT2D eigenvalue weighted by Gasteiger charge is -2.14. The van der Waals surface area contributed by atoms with Crippen LogP contribution in [0.1, 0.15) is 29.7 Å². The number of hydrogen-bond donors (Lipinski definition) is 1. The van der Waals surface area contributed by atoms with Crippen LogP contribution in [0.5, 0.6) is 0 Å². The Balaban J connectivity index is 2.42. The molecule has 1 N–H and O–H groups in total. The number of rotatable bonds is 6. The molecule has 1 heterocycles. The summed E-state index contributed by atoms with van der Waals surface area (Å²) in [7, 11) is 4.13. The second-order valence-electron chi connectivity index (χ2n) is 4.16. The smallest absolute Gasteiger partial charge is 0.0953 e. The molecule has 86 valence electrons. The Hall–Kier alpha value is -0.450. The zero-order chi connectivity index (χ0) is 11.3. The Kier molecular flexibility index (Phi) is 5.22. The summed E-state index contributed by atoms with van der Waals surface area (Å²) in [6, 6.07) is 0. The van der Waals surface area contributed by atoms with Crippen LogP contribution in [0, 0.1) is 0 Å². The zero-order valence-corrected chi connectivity index (χ0v) is 10.9. The molecule has 1 rings (SSSR count).